The van der Waals surface area contributed by atoms with Crippen molar-refractivity contribution in [2.75, 3.05) is 29.9 Å². The molecule has 248 valence electrons. The molecule has 6 heterocycles. The Morgan fingerprint density at radius 3 is 2.58 bits per heavy atom. The molecule has 0 spiro atoms. The van der Waals surface area contributed by atoms with Crippen molar-refractivity contribution in [3.05, 3.63) is 76.4 Å². The molecule has 2 atom stereocenters. The van der Waals surface area contributed by atoms with Crippen molar-refractivity contribution in [3.63, 3.8) is 0 Å². The van der Waals surface area contributed by atoms with E-state index in [-0.39, 0.29) is 36.1 Å². The Hall–Kier alpha value is -4.68. The highest BCUT2D eigenvalue weighted by Crippen LogP contribution is 2.30. The zero-order valence-electron chi connectivity index (χ0n) is 26.1. The number of fused-ring (bicyclic) bond motifs is 1. The molecule has 2 aliphatic rings. The summed E-state index contributed by atoms with van der Waals surface area (Å²) < 4.78 is 15.4. The van der Waals surface area contributed by atoms with Crippen LogP contribution in [0.15, 0.2) is 55.0 Å². The van der Waals surface area contributed by atoms with Gasteiger partial charge in [-0.15, -0.1) is 23.7 Å². The van der Waals surface area contributed by atoms with E-state index < -0.39 is 6.23 Å². The molecule has 12 nitrogen and oxygen atoms in total. The topological polar surface area (TPSA) is 156 Å². The molecule has 5 aromatic rings. The maximum atomic E-state index is 13.4. The minimum absolute atomic E-state index is 0. The third-order valence-electron chi connectivity index (χ3n) is 8.60. The van der Waals surface area contributed by atoms with Crippen molar-refractivity contribution < 1.29 is 14.3 Å². The predicted octanol–water partition coefficient (Wildman–Crippen LogP) is 4.14. The van der Waals surface area contributed by atoms with Gasteiger partial charge in [-0.05, 0) is 62.2 Å². The van der Waals surface area contributed by atoms with E-state index in [1.165, 1.54) is 23.5 Å². The van der Waals surface area contributed by atoms with E-state index in [4.69, 9.17) is 4.98 Å². The molecule has 0 saturated carbocycles. The van der Waals surface area contributed by atoms with Crippen LogP contribution in [0, 0.1) is 23.1 Å². The molecule has 15 heteroatoms. The number of imidazole rings is 1. The van der Waals surface area contributed by atoms with E-state index in [1.807, 2.05) is 34.6 Å². The number of aryl methyl sites for hydroxylation is 1. The molecule has 1 amide bonds. The van der Waals surface area contributed by atoms with E-state index in [9.17, 15) is 19.6 Å². The average Bonchev–Trinajstić information content (AvgIpc) is 3.82. The SMILES string of the molecule is CCc1nc2ccc(-c3cnc(N4CC(C(O)NC(=O)C5CCCN5)C4)nc3)cn2c1NCc1nc(-c2ccc(F)cc2)c(C#N)s1.Cl. The summed E-state index contributed by atoms with van der Waals surface area (Å²) in [4.78, 5) is 33.4. The van der Waals surface area contributed by atoms with Crippen molar-refractivity contribution in [2.45, 2.75) is 45.0 Å². The molecule has 0 aliphatic carbocycles. The van der Waals surface area contributed by atoms with Crippen LogP contribution in [0.4, 0.5) is 16.2 Å². The molecule has 7 rings (SSSR count). The van der Waals surface area contributed by atoms with Gasteiger partial charge in [0.05, 0.1) is 24.0 Å². The van der Waals surface area contributed by atoms with Crippen LogP contribution in [0.3, 0.4) is 0 Å². The number of aliphatic hydroxyl groups excluding tert-OH is 1. The van der Waals surface area contributed by atoms with Crippen LogP contribution in [0.1, 0.15) is 35.3 Å². The summed E-state index contributed by atoms with van der Waals surface area (Å²) in [5.41, 5.74) is 4.67. The molecule has 48 heavy (non-hydrogen) atoms. The number of nitrogens with zero attached hydrogens (tertiary/aromatic N) is 7. The van der Waals surface area contributed by atoms with Crippen molar-refractivity contribution in [2.24, 2.45) is 5.92 Å². The average molecular weight is 689 g/mol. The van der Waals surface area contributed by atoms with Gasteiger partial charge >= 0.3 is 0 Å². The van der Waals surface area contributed by atoms with Crippen LogP contribution in [-0.4, -0.2) is 67.3 Å². The van der Waals surface area contributed by atoms with Gasteiger partial charge in [0, 0.05) is 54.3 Å². The van der Waals surface area contributed by atoms with Gasteiger partial charge in [-0.3, -0.25) is 9.20 Å². The van der Waals surface area contributed by atoms with Crippen LogP contribution in [0.25, 0.3) is 28.0 Å². The summed E-state index contributed by atoms with van der Waals surface area (Å²) in [6.07, 6.45) is 7.12. The maximum absolute atomic E-state index is 13.4. The Morgan fingerprint density at radius 1 is 1.15 bits per heavy atom. The van der Waals surface area contributed by atoms with Gasteiger partial charge < -0.3 is 26.0 Å². The number of aromatic nitrogens is 5. The largest absolute Gasteiger partial charge is 0.373 e. The molecule has 2 fully saturated rings. The van der Waals surface area contributed by atoms with Crippen molar-refractivity contribution >= 4 is 47.1 Å². The Labute approximate surface area is 286 Å². The number of hydrogen-bond acceptors (Lipinski definition) is 11. The molecule has 4 N–H and O–H groups in total. The van der Waals surface area contributed by atoms with Crippen molar-refractivity contribution in [3.8, 4) is 28.5 Å². The number of thiazole rings is 1. The second-order valence-corrected chi connectivity index (χ2v) is 12.8. The molecule has 0 radical (unpaired) electrons. The van der Waals surface area contributed by atoms with Gasteiger partial charge in [0.25, 0.3) is 0 Å². The van der Waals surface area contributed by atoms with E-state index in [0.717, 1.165) is 52.7 Å². The highest BCUT2D eigenvalue weighted by atomic mass is 35.5. The van der Waals surface area contributed by atoms with E-state index in [2.05, 4.69) is 37.0 Å². The predicted molar refractivity (Wildman–Crippen MR) is 183 cm³/mol. The zero-order valence-corrected chi connectivity index (χ0v) is 27.7. The number of nitriles is 1. The van der Waals surface area contributed by atoms with Gasteiger partial charge in [0.1, 0.15) is 39.5 Å². The monoisotopic (exact) mass is 688 g/mol. The Morgan fingerprint density at radius 2 is 1.90 bits per heavy atom. The number of carbonyl (C=O) groups excluding carboxylic acids is 1. The second-order valence-electron chi connectivity index (χ2n) is 11.7. The number of halogens is 2. The lowest BCUT2D eigenvalue weighted by molar-refractivity contribution is -0.127. The fourth-order valence-electron chi connectivity index (χ4n) is 5.96. The van der Waals surface area contributed by atoms with E-state index >= 15 is 0 Å². The first-order valence-electron chi connectivity index (χ1n) is 15.6. The fraction of sp³-hybridized carbons (Fsp3) is 0.333. The second kappa shape index (κ2) is 14.2. The van der Waals surface area contributed by atoms with Crippen LogP contribution in [0.5, 0.6) is 0 Å². The number of hydrogen-bond donors (Lipinski definition) is 4. The van der Waals surface area contributed by atoms with Gasteiger partial charge in [0.2, 0.25) is 11.9 Å². The van der Waals surface area contributed by atoms with Crippen molar-refractivity contribution in [1.82, 2.24) is 35.0 Å². The van der Waals surface area contributed by atoms with Crippen molar-refractivity contribution in [1.29, 1.82) is 5.26 Å². The van der Waals surface area contributed by atoms with E-state index in [1.54, 1.807) is 24.5 Å². The van der Waals surface area contributed by atoms with Crippen LogP contribution < -0.4 is 20.9 Å². The minimum Gasteiger partial charge on any atom is -0.373 e. The third-order valence-corrected chi connectivity index (χ3v) is 9.56. The highest BCUT2D eigenvalue weighted by Gasteiger charge is 2.36. The molecule has 1 aromatic carbocycles. The number of benzene rings is 1. The smallest absolute Gasteiger partial charge is 0.239 e. The van der Waals surface area contributed by atoms with Gasteiger partial charge in [0.15, 0.2) is 0 Å². The Kier molecular flexibility index (Phi) is 9.83. The first kappa shape index (κ1) is 33.2. The first-order chi connectivity index (χ1) is 22.9. The van der Waals surface area contributed by atoms with Crippen LogP contribution in [0.2, 0.25) is 0 Å². The molecular weight excluding hydrogens is 655 g/mol. The third kappa shape index (κ3) is 6.67. The van der Waals surface area contributed by atoms with Gasteiger partial charge in [-0.25, -0.2) is 24.3 Å². The number of aliphatic hydroxyl groups is 1. The van der Waals surface area contributed by atoms with Crippen LogP contribution in [-0.2, 0) is 17.8 Å². The summed E-state index contributed by atoms with van der Waals surface area (Å²) in [7, 11) is 0. The Balaban J connectivity index is 0.00000401. The lowest BCUT2D eigenvalue weighted by Gasteiger charge is -2.41. The summed E-state index contributed by atoms with van der Waals surface area (Å²) in [6, 6.07) is 11.9. The van der Waals surface area contributed by atoms with E-state index in [0.29, 0.717) is 48.1 Å². The summed E-state index contributed by atoms with van der Waals surface area (Å²) in [5, 5.41) is 30.3. The lowest BCUT2D eigenvalue weighted by atomic mass is 9.98. The normalized spacial score (nSPS) is 16.6. The molecule has 2 unspecified atom stereocenters. The molecule has 0 bridgehead atoms. The highest BCUT2D eigenvalue weighted by molar-refractivity contribution is 7.12. The zero-order chi connectivity index (χ0) is 32.5. The molecular formula is C33H34ClFN10O2S. The number of carbonyl (C=O) groups is 1. The molecule has 2 saturated heterocycles. The fourth-order valence-corrected chi connectivity index (χ4v) is 6.78. The first-order valence-corrected chi connectivity index (χ1v) is 16.4. The number of anilines is 2. The number of nitrogens with one attached hydrogen (secondary N) is 3. The number of rotatable bonds is 10. The maximum Gasteiger partial charge on any atom is 0.239 e. The quantitative estimate of drug-likeness (QED) is 0.157. The summed E-state index contributed by atoms with van der Waals surface area (Å²) in [5.74, 6) is 0.823. The summed E-state index contributed by atoms with van der Waals surface area (Å²) >= 11 is 1.31. The lowest BCUT2D eigenvalue weighted by Crippen LogP contribution is -2.58. The van der Waals surface area contributed by atoms with Crippen LogP contribution >= 0.6 is 23.7 Å². The van der Waals surface area contributed by atoms with Gasteiger partial charge in [-0.1, -0.05) is 6.92 Å². The Bertz CT molecular complexity index is 1950. The molecule has 2 aliphatic heterocycles. The minimum atomic E-state index is -0.904. The number of amides is 1. The van der Waals surface area contributed by atoms with Gasteiger partial charge in [-0.2, -0.15) is 5.26 Å². The molecule has 4 aromatic heterocycles. The standard InChI is InChI=1S/C33H33FN10O2S.ClH/c1-2-24-30(37-15-28-41-29(26(12-35)47-28)19-5-8-23(34)9-6-19)44-18-20(7-10-27(44)40-24)21-13-38-33(39-14-21)43-16-22(17-43)31(45)42-32(46)25-4-3-11-36-25;/h5-10,13-14,18,22,25,31,36-37,45H,2-4,11,15-17H2,1H3,(H,42,46);1H. The summed E-state index contributed by atoms with van der Waals surface area (Å²) in [6.45, 7) is 4.36. The number of pyridine rings is 1.